The number of benzene rings is 2. The molecule has 0 aromatic heterocycles. The predicted octanol–water partition coefficient (Wildman–Crippen LogP) is 3.63. The Morgan fingerprint density at radius 1 is 1.00 bits per heavy atom. The van der Waals surface area contributed by atoms with E-state index in [0.717, 1.165) is 27.4 Å². The normalized spacial score (nSPS) is 9.53. The fourth-order valence-corrected chi connectivity index (χ4v) is 1.60. The second-order valence-corrected chi connectivity index (χ2v) is 4.25. The van der Waals surface area contributed by atoms with Crippen molar-refractivity contribution in [2.24, 2.45) is 0 Å². The second kappa shape index (κ2) is 4.95. The topological polar surface area (TPSA) is 26.0 Å². The van der Waals surface area contributed by atoms with Gasteiger partial charge in [-0.3, -0.25) is 0 Å². The first-order valence-corrected chi connectivity index (χ1v) is 5.67. The van der Waals surface area contributed by atoms with Crippen LogP contribution in [0.1, 0.15) is 16.7 Å². The summed E-state index contributed by atoms with van der Waals surface area (Å²) in [5.74, 6) is 6.17. The fourth-order valence-electron chi connectivity index (χ4n) is 1.48. The first-order valence-electron chi connectivity index (χ1n) is 5.29. The van der Waals surface area contributed by atoms with E-state index in [9.17, 15) is 0 Å². The van der Waals surface area contributed by atoms with Gasteiger partial charge in [0.15, 0.2) is 0 Å². The van der Waals surface area contributed by atoms with Crippen molar-refractivity contribution in [3.63, 3.8) is 0 Å². The fraction of sp³-hybridized carbons (Fsp3) is 0.0667. The molecule has 0 radical (unpaired) electrons. The number of halogens is 1. The lowest BCUT2D eigenvalue weighted by Gasteiger charge is -1.97. The first-order chi connectivity index (χ1) is 8.15. The SMILES string of the molecule is Cc1cc(C#Cc2cccc(N)c2)ccc1Cl. The monoisotopic (exact) mass is 241 g/mol. The average Bonchev–Trinajstić information content (AvgIpc) is 2.31. The van der Waals surface area contributed by atoms with Crippen LogP contribution in [0.4, 0.5) is 5.69 Å². The van der Waals surface area contributed by atoms with Crippen molar-refractivity contribution in [3.05, 3.63) is 64.2 Å². The molecule has 1 nitrogen and oxygen atoms in total. The second-order valence-electron chi connectivity index (χ2n) is 3.84. The Bertz CT molecular complexity index is 606. The zero-order chi connectivity index (χ0) is 12.3. The summed E-state index contributed by atoms with van der Waals surface area (Å²) in [4.78, 5) is 0. The molecule has 2 rings (SSSR count). The van der Waals surface area contributed by atoms with Crippen molar-refractivity contribution in [2.75, 3.05) is 5.73 Å². The molecule has 0 unspecified atom stereocenters. The average molecular weight is 242 g/mol. The highest BCUT2D eigenvalue weighted by Gasteiger charge is 1.94. The number of hydrogen-bond donors (Lipinski definition) is 1. The summed E-state index contributed by atoms with van der Waals surface area (Å²) in [6, 6.07) is 13.3. The molecule has 0 atom stereocenters. The maximum absolute atomic E-state index is 5.95. The molecule has 0 aliphatic carbocycles. The predicted molar refractivity (Wildman–Crippen MR) is 73.0 cm³/mol. The molecule has 84 valence electrons. The Labute approximate surface area is 106 Å². The van der Waals surface area contributed by atoms with Gasteiger partial charge in [0.1, 0.15) is 0 Å². The van der Waals surface area contributed by atoms with Crippen LogP contribution in [0, 0.1) is 18.8 Å². The smallest absolute Gasteiger partial charge is 0.0436 e. The summed E-state index contributed by atoms with van der Waals surface area (Å²) in [6.07, 6.45) is 0. The molecule has 0 aliphatic heterocycles. The van der Waals surface area contributed by atoms with E-state index < -0.39 is 0 Å². The van der Waals surface area contributed by atoms with Crippen LogP contribution >= 0.6 is 11.6 Å². The van der Waals surface area contributed by atoms with Crippen LogP contribution in [0.25, 0.3) is 0 Å². The largest absolute Gasteiger partial charge is 0.399 e. The number of aryl methyl sites for hydroxylation is 1. The molecule has 0 saturated carbocycles. The summed E-state index contributed by atoms with van der Waals surface area (Å²) < 4.78 is 0. The van der Waals surface area contributed by atoms with Crippen LogP contribution in [0.2, 0.25) is 5.02 Å². The van der Waals surface area contributed by atoms with Crippen molar-refractivity contribution in [3.8, 4) is 11.8 Å². The number of rotatable bonds is 0. The summed E-state index contributed by atoms with van der Waals surface area (Å²) in [5, 5.41) is 0.763. The van der Waals surface area contributed by atoms with E-state index in [1.807, 2.05) is 49.4 Å². The van der Waals surface area contributed by atoms with Gasteiger partial charge in [-0.1, -0.05) is 29.5 Å². The minimum absolute atomic E-state index is 0.726. The van der Waals surface area contributed by atoms with Crippen LogP contribution in [0.3, 0.4) is 0 Å². The maximum Gasteiger partial charge on any atom is 0.0436 e. The third-order valence-corrected chi connectivity index (χ3v) is 2.82. The van der Waals surface area contributed by atoms with Crippen molar-refractivity contribution in [2.45, 2.75) is 6.92 Å². The molecule has 0 spiro atoms. The van der Waals surface area contributed by atoms with Gasteiger partial charge in [0.05, 0.1) is 0 Å². The van der Waals surface area contributed by atoms with E-state index in [-0.39, 0.29) is 0 Å². The van der Waals surface area contributed by atoms with Gasteiger partial charge in [0, 0.05) is 21.8 Å². The summed E-state index contributed by atoms with van der Waals surface area (Å²) in [5.41, 5.74) is 9.31. The van der Waals surface area contributed by atoms with Gasteiger partial charge >= 0.3 is 0 Å². The van der Waals surface area contributed by atoms with E-state index in [1.165, 1.54) is 0 Å². The van der Waals surface area contributed by atoms with Gasteiger partial charge < -0.3 is 5.73 Å². The Morgan fingerprint density at radius 3 is 2.35 bits per heavy atom. The third-order valence-electron chi connectivity index (χ3n) is 2.40. The van der Waals surface area contributed by atoms with Crippen LogP contribution < -0.4 is 5.73 Å². The maximum atomic E-state index is 5.95. The van der Waals surface area contributed by atoms with Gasteiger partial charge in [0.2, 0.25) is 0 Å². The van der Waals surface area contributed by atoms with Gasteiger partial charge in [0.25, 0.3) is 0 Å². The third kappa shape index (κ3) is 3.03. The molecule has 2 aromatic carbocycles. The van der Waals surface area contributed by atoms with Gasteiger partial charge in [-0.05, 0) is 48.9 Å². The molecule has 2 N–H and O–H groups in total. The highest BCUT2D eigenvalue weighted by molar-refractivity contribution is 6.31. The lowest BCUT2D eigenvalue weighted by atomic mass is 10.1. The van der Waals surface area contributed by atoms with Crippen LogP contribution in [0.5, 0.6) is 0 Å². The molecule has 2 aromatic rings. The lowest BCUT2D eigenvalue weighted by molar-refractivity contribution is 1.45. The molecule has 0 amide bonds. The summed E-state index contributed by atoms with van der Waals surface area (Å²) >= 11 is 5.95. The number of anilines is 1. The van der Waals surface area contributed by atoms with Crippen molar-refractivity contribution < 1.29 is 0 Å². The van der Waals surface area contributed by atoms with Crippen LogP contribution in [0.15, 0.2) is 42.5 Å². The number of hydrogen-bond acceptors (Lipinski definition) is 1. The summed E-state index contributed by atoms with van der Waals surface area (Å²) in [7, 11) is 0. The molecule has 0 fully saturated rings. The quantitative estimate of drug-likeness (QED) is 0.553. The van der Waals surface area contributed by atoms with Gasteiger partial charge in [-0.2, -0.15) is 0 Å². The van der Waals surface area contributed by atoms with E-state index in [2.05, 4.69) is 11.8 Å². The number of nitrogens with two attached hydrogens (primary N) is 1. The molecular formula is C15H12ClN. The Morgan fingerprint density at radius 2 is 1.71 bits per heavy atom. The highest BCUT2D eigenvalue weighted by Crippen LogP contribution is 2.15. The van der Waals surface area contributed by atoms with Crippen LogP contribution in [-0.2, 0) is 0 Å². The summed E-state index contributed by atoms with van der Waals surface area (Å²) in [6.45, 7) is 1.97. The molecule has 17 heavy (non-hydrogen) atoms. The molecule has 2 heteroatoms. The molecule has 0 saturated heterocycles. The molecular weight excluding hydrogens is 230 g/mol. The van der Waals surface area contributed by atoms with Crippen molar-refractivity contribution in [1.29, 1.82) is 0 Å². The van der Waals surface area contributed by atoms with E-state index >= 15 is 0 Å². The first kappa shape index (κ1) is 11.6. The lowest BCUT2D eigenvalue weighted by Crippen LogP contribution is -1.84. The molecule has 0 aliphatic rings. The Balaban J connectivity index is 2.30. The minimum atomic E-state index is 0.726. The van der Waals surface area contributed by atoms with Gasteiger partial charge in [-0.25, -0.2) is 0 Å². The Hall–Kier alpha value is -1.91. The van der Waals surface area contributed by atoms with E-state index in [1.54, 1.807) is 0 Å². The standard InChI is InChI=1S/C15H12ClN/c1-11-9-13(7-8-15(11)16)6-5-12-3-2-4-14(17)10-12/h2-4,7-10H,17H2,1H3. The zero-order valence-electron chi connectivity index (χ0n) is 9.50. The van der Waals surface area contributed by atoms with Crippen molar-refractivity contribution in [1.82, 2.24) is 0 Å². The van der Waals surface area contributed by atoms with Crippen LogP contribution in [-0.4, -0.2) is 0 Å². The highest BCUT2D eigenvalue weighted by atomic mass is 35.5. The van der Waals surface area contributed by atoms with E-state index in [0.29, 0.717) is 0 Å². The zero-order valence-corrected chi connectivity index (χ0v) is 10.3. The van der Waals surface area contributed by atoms with Crippen molar-refractivity contribution >= 4 is 17.3 Å². The minimum Gasteiger partial charge on any atom is -0.399 e. The van der Waals surface area contributed by atoms with E-state index in [4.69, 9.17) is 17.3 Å². The molecule has 0 bridgehead atoms. The number of nitrogen functional groups attached to an aromatic ring is 1. The van der Waals surface area contributed by atoms with Gasteiger partial charge in [-0.15, -0.1) is 0 Å². The Kier molecular flexibility index (Phi) is 3.37. The molecule has 0 heterocycles.